The zero-order valence-electron chi connectivity index (χ0n) is 17.9. The predicted molar refractivity (Wildman–Crippen MR) is 125 cm³/mol. The second kappa shape index (κ2) is 8.52. The Labute approximate surface area is 191 Å². The first-order chi connectivity index (χ1) is 15.3. The van der Waals surface area contributed by atoms with Crippen molar-refractivity contribution in [2.24, 2.45) is 0 Å². The first kappa shape index (κ1) is 21.7. The highest BCUT2D eigenvalue weighted by atomic mass is 35.5. The van der Waals surface area contributed by atoms with E-state index in [-0.39, 0.29) is 16.4 Å². The number of anilines is 1. The zero-order chi connectivity index (χ0) is 23.0. The molecule has 0 radical (unpaired) electrons. The number of aliphatic hydroxyl groups is 1. The first-order valence-corrected chi connectivity index (χ1v) is 10.5. The minimum Gasteiger partial charge on any atom is -0.507 e. The third kappa shape index (κ3) is 3.65. The topological polar surface area (TPSA) is 66.8 Å². The maximum atomic E-state index is 13.2. The van der Waals surface area contributed by atoms with Crippen LogP contribution in [0.5, 0.6) is 5.75 Å². The number of Topliss-reactive ketones (excluding diaryl/α,β-unsaturated/α-hetero) is 1. The number of aryl methyl sites for hydroxylation is 2. The quantitative estimate of drug-likeness (QED) is 0.321. The Kier molecular flexibility index (Phi) is 5.76. The number of carbonyl (C=O) groups excluding carboxylic acids is 2. The van der Waals surface area contributed by atoms with E-state index in [0.717, 1.165) is 11.1 Å². The van der Waals surface area contributed by atoms with Gasteiger partial charge in [0.2, 0.25) is 0 Å². The molecule has 0 aliphatic carbocycles. The minimum absolute atomic E-state index is 0.0145. The fourth-order valence-corrected chi connectivity index (χ4v) is 4.15. The Hall–Kier alpha value is -3.57. The van der Waals surface area contributed by atoms with Crippen LogP contribution in [-0.4, -0.2) is 23.9 Å². The van der Waals surface area contributed by atoms with Crippen LogP contribution < -0.4 is 9.64 Å². The number of aliphatic hydroxyl groups excluding tert-OH is 1. The van der Waals surface area contributed by atoms with Crippen LogP contribution in [0, 0.1) is 13.8 Å². The number of carbonyl (C=O) groups is 2. The average molecular weight is 448 g/mol. The number of nitrogens with zero attached hydrogens (tertiary/aromatic N) is 1. The van der Waals surface area contributed by atoms with E-state index in [9.17, 15) is 14.7 Å². The third-order valence-electron chi connectivity index (χ3n) is 5.75. The summed E-state index contributed by atoms with van der Waals surface area (Å²) in [5, 5.41) is 11.5. The summed E-state index contributed by atoms with van der Waals surface area (Å²) in [6, 6.07) is 18.7. The molecule has 1 atom stereocenters. The number of ether oxygens (including phenoxy) is 1. The Morgan fingerprint density at radius 3 is 2.31 bits per heavy atom. The van der Waals surface area contributed by atoms with E-state index < -0.39 is 17.7 Å². The third-order valence-corrected chi connectivity index (χ3v) is 6.05. The number of amides is 1. The SMILES string of the molecule is COc1ccc(/C(O)=C2\C(=O)C(=O)N(c3ccc(C)c(C)c3)C2c2ccccc2)cc1Cl. The Balaban J connectivity index is 1.94. The number of hydrogen-bond donors (Lipinski definition) is 1. The fraction of sp³-hybridized carbons (Fsp3) is 0.154. The minimum atomic E-state index is -0.779. The van der Waals surface area contributed by atoms with Gasteiger partial charge in [0.15, 0.2) is 0 Å². The summed E-state index contributed by atoms with van der Waals surface area (Å²) in [6.07, 6.45) is 0. The van der Waals surface area contributed by atoms with Crippen LogP contribution in [0.2, 0.25) is 5.02 Å². The van der Waals surface area contributed by atoms with Crippen molar-refractivity contribution in [2.45, 2.75) is 19.9 Å². The number of benzene rings is 3. The van der Waals surface area contributed by atoms with Crippen LogP contribution in [0.4, 0.5) is 5.69 Å². The van der Waals surface area contributed by atoms with E-state index in [4.69, 9.17) is 16.3 Å². The van der Waals surface area contributed by atoms with Crippen molar-refractivity contribution in [3.8, 4) is 5.75 Å². The summed E-state index contributed by atoms with van der Waals surface area (Å²) >= 11 is 6.23. The largest absolute Gasteiger partial charge is 0.507 e. The number of ketones is 1. The molecule has 1 unspecified atom stereocenters. The molecule has 5 nitrogen and oxygen atoms in total. The molecule has 1 aliphatic rings. The van der Waals surface area contributed by atoms with Crippen LogP contribution in [0.25, 0.3) is 5.76 Å². The van der Waals surface area contributed by atoms with Gasteiger partial charge < -0.3 is 9.84 Å². The summed E-state index contributed by atoms with van der Waals surface area (Å²) in [7, 11) is 1.49. The van der Waals surface area contributed by atoms with Gasteiger partial charge >= 0.3 is 0 Å². The number of rotatable bonds is 4. The van der Waals surface area contributed by atoms with Gasteiger partial charge in [-0.15, -0.1) is 0 Å². The molecule has 4 rings (SSSR count). The van der Waals surface area contributed by atoms with Gasteiger partial charge in [-0.2, -0.15) is 0 Å². The highest BCUT2D eigenvalue weighted by molar-refractivity contribution is 6.51. The van der Waals surface area contributed by atoms with Gasteiger partial charge in [-0.25, -0.2) is 0 Å². The van der Waals surface area contributed by atoms with E-state index >= 15 is 0 Å². The van der Waals surface area contributed by atoms with Crippen LogP contribution >= 0.6 is 11.6 Å². The molecule has 0 saturated carbocycles. The molecule has 1 aliphatic heterocycles. The number of hydrogen-bond acceptors (Lipinski definition) is 4. The normalized spacial score (nSPS) is 17.6. The van der Waals surface area contributed by atoms with E-state index in [1.165, 1.54) is 18.1 Å². The smallest absolute Gasteiger partial charge is 0.300 e. The molecule has 1 heterocycles. The van der Waals surface area contributed by atoms with Gasteiger partial charge in [-0.1, -0.05) is 48.0 Å². The molecule has 1 fully saturated rings. The lowest BCUT2D eigenvalue weighted by Crippen LogP contribution is -2.29. The summed E-state index contributed by atoms with van der Waals surface area (Å²) in [6.45, 7) is 3.93. The van der Waals surface area contributed by atoms with Gasteiger partial charge in [0.25, 0.3) is 11.7 Å². The second-order valence-electron chi connectivity index (χ2n) is 7.70. The fourth-order valence-electron chi connectivity index (χ4n) is 3.89. The van der Waals surface area contributed by atoms with E-state index in [2.05, 4.69) is 0 Å². The second-order valence-corrected chi connectivity index (χ2v) is 8.10. The highest BCUT2D eigenvalue weighted by Gasteiger charge is 2.47. The molecule has 0 bridgehead atoms. The lowest BCUT2D eigenvalue weighted by atomic mass is 9.95. The van der Waals surface area contributed by atoms with Crippen molar-refractivity contribution in [2.75, 3.05) is 12.0 Å². The maximum absolute atomic E-state index is 13.2. The summed E-state index contributed by atoms with van der Waals surface area (Å²) in [4.78, 5) is 27.8. The van der Waals surface area contributed by atoms with Crippen molar-refractivity contribution < 1.29 is 19.4 Å². The van der Waals surface area contributed by atoms with Crippen LogP contribution in [0.15, 0.2) is 72.3 Å². The Bertz CT molecular complexity index is 1250. The number of halogens is 1. The van der Waals surface area contributed by atoms with Crippen molar-refractivity contribution in [1.82, 2.24) is 0 Å². The molecule has 3 aromatic rings. The van der Waals surface area contributed by atoms with Crippen molar-refractivity contribution in [1.29, 1.82) is 0 Å². The van der Waals surface area contributed by atoms with Crippen LogP contribution in [-0.2, 0) is 9.59 Å². The average Bonchev–Trinajstić information content (AvgIpc) is 3.06. The van der Waals surface area contributed by atoms with E-state index in [1.807, 2.05) is 62.4 Å². The highest BCUT2D eigenvalue weighted by Crippen LogP contribution is 2.43. The zero-order valence-corrected chi connectivity index (χ0v) is 18.7. The Morgan fingerprint density at radius 1 is 0.969 bits per heavy atom. The molecule has 6 heteroatoms. The molecular weight excluding hydrogens is 426 g/mol. The summed E-state index contributed by atoms with van der Waals surface area (Å²) < 4.78 is 5.17. The van der Waals surface area contributed by atoms with Crippen molar-refractivity contribution >= 4 is 34.7 Å². The maximum Gasteiger partial charge on any atom is 0.300 e. The standard InChI is InChI=1S/C26H22ClNO4/c1-15-9-11-19(13-16(15)2)28-23(17-7-5-4-6-8-17)22(25(30)26(28)31)24(29)18-10-12-21(32-3)20(27)14-18/h4-14,23,29H,1-3H3/b24-22+. The first-order valence-electron chi connectivity index (χ1n) is 10.1. The molecule has 1 saturated heterocycles. The molecule has 3 aromatic carbocycles. The molecule has 0 aromatic heterocycles. The molecule has 1 N–H and O–H groups in total. The molecule has 1 amide bonds. The van der Waals surface area contributed by atoms with Crippen LogP contribution in [0.3, 0.4) is 0 Å². The van der Waals surface area contributed by atoms with Crippen molar-refractivity contribution in [3.05, 3.63) is 99.6 Å². The van der Waals surface area contributed by atoms with Crippen molar-refractivity contribution in [3.63, 3.8) is 0 Å². The predicted octanol–water partition coefficient (Wildman–Crippen LogP) is 5.59. The monoisotopic (exact) mass is 447 g/mol. The molecule has 0 spiro atoms. The van der Waals surface area contributed by atoms with Gasteiger partial charge in [0.1, 0.15) is 11.5 Å². The Morgan fingerprint density at radius 2 is 1.69 bits per heavy atom. The lowest BCUT2D eigenvalue weighted by Gasteiger charge is -2.26. The van der Waals surface area contributed by atoms with Gasteiger partial charge in [-0.05, 0) is 60.9 Å². The molecular formula is C26H22ClNO4. The molecule has 162 valence electrons. The molecule has 32 heavy (non-hydrogen) atoms. The summed E-state index contributed by atoms with van der Waals surface area (Å²) in [5.41, 5.74) is 3.73. The van der Waals surface area contributed by atoms with E-state index in [0.29, 0.717) is 22.6 Å². The van der Waals surface area contributed by atoms with E-state index in [1.54, 1.807) is 12.1 Å². The summed E-state index contributed by atoms with van der Waals surface area (Å²) in [5.74, 6) is -1.28. The lowest BCUT2D eigenvalue weighted by molar-refractivity contribution is -0.132. The van der Waals surface area contributed by atoms with Gasteiger partial charge in [-0.3, -0.25) is 14.5 Å². The van der Waals surface area contributed by atoms with Crippen LogP contribution in [0.1, 0.15) is 28.3 Å². The van der Waals surface area contributed by atoms with Gasteiger partial charge in [0, 0.05) is 11.3 Å². The number of methoxy groups -OCH3 is 1. The van der Waals surface area contributed by atoms with Gasteiger partial charge in [0.05, 0.1) is 23.7 Å².